The van der Waals surface area contributed by atoms with Crippen LogP contribution in [0.25, 0.3) is 16.6 Å². The molecule has 4 atom stereocenters. The van der Waals surface area contributed by atoms with Gasteiger partial charge in [-0.1, -0.05) is 67.4 Å². The second-order valence-electron chi connectivity index (χ2n) is 10.9. The van der Waals surface area contributed by atoms with Gasteiger partial charge in [-0.25, -0.2) is 9.88 Å². The van der Waals surface area contributed by atoms with Crippen LogP contribution in [0, 0.1) is 17.8 Å². The highest BCUT2D eigenvalue weighted by Crippen LogP contribution is 2.56. The minimum Gasteiger partial charge on any atom is -0.297 e. The number of carbonyl (C=O) groups is 2. The Morgan fingerprint density at radius 2 is 1.69 bits per heavy atom. The number of imide groups is 1. The molecule has 7 rings (SSSR count). The number of rotatable bonds is 3. The Kier molecular flexibility index (Phi) is 5.34. The van der Waals surface area contributed by atoms with Gasteiger partial charge in [-0.3, -0.25) is 24.3 Å². The Hall–Kier alpha value is -3.52. The number of nitrogens with one attached hydrogen (secondary N) is 1. The maximum atomic E-state index is 14.5. The molecule has 39 heavy (non-hydrogen) atoms. The topological polar surface area (TPSA) is 84.3 Å². The lowest BCUT2D eigenvalue weighted by atomic mass is 9.75. The van der Waals surface area contributed by atoms with Crippen LogP contribution in [0.15, 0.2) is 71.5 Å². The lowest BCUT2D eigenvalue weighted by Crippen LogP contribution is -2.50. The fourth-order valence-corrected chi connectivity index (χ4v) is 7.32. The van der Waals surface area contributed by atoms with Gasteiger partial charge in [-0.2, -0.15) is 0 Å². The summed E-state index contributed by atoms with van der Waals surface area (Å²) in [4.78, 5) is 48.7. The fourth-order valence-electron chi connectivity index (χ4n) is 6.83. The number of para-hydroxylation sites is 2. The van der Waals surface area contributed by atoms with Crippen molar-refractivity contribution in [1.82, 2.24) is 14.9 Å². The van der Waals surface area contributed by atoms with Crippen molar-refractivity contribution in [2.75, 3.05) is 4.90 Å². The lowest BCUT2D eigenvalue weighted by molar-refractivity contribution is -0.123. The van der Waals surface area contributed by atoms with E-state index in [-0.39, 0.29) is 34.4 Å². The van der Waals surface area contributed by atoms with Gasteiger partial charge in [0, 0.05) is 16.6 Å². The van der Waals surface area contributed by atoms with Crippen molar-refractivity contribution < 1.29 is 9.59 Å². The summed E-state index contributed by atoms with van der Waals surface area (Å²) in [6.07, 6.45) is 0.657. The van der Waals surface area contributed by atoms with Crippen LogP contribution in [-0.2, 0) is 15.1 Å². The van der Waals surface area contributed by atoms with Gasteiger partial charge in [0.25, 0.3) is 5.56 Å². The summed E-state index contributed by atoms with van der Waals surface area (Å²) in [5, 5.41) is 4.84. The second kappa shape index (κ2) is 8.49. The van der Waals surface area contributed by atoms with E-state index < -0.39 is 17.4 Å². The Bertz CT molecular complexity index is 1780. The molecule has 2 fully saturated rings. The maximum Gasteiger partial charge on any atom is 0.266 e. The number of nitrogens with zero attached hydrogens (tertiary/aromatic N) is 3. The Morgan fingerprint density at radius 1 is 0.949 bits per heavy atom. The van der Waals surface area contributed by atoms with Gasteiger partial charge < -0.3 is 0 Å². The SMILES string of the molecule is CC(C)C[C@H]1N[C@]2(c3ccccc3-n3c2nc2ccccc2c3=O)[C@H]2C(=O)N(c3ccc(Cl)cc3Cl)C(=O)[C@@H]12. The highest BCUT2D eigenvalue weighted by molar-refractivity contribution is 6.38. The summed E-state index contributed by atoms with van der Waals surface area (Å²) in [6.45, 7) is 4.17. The summed E-state index contributed by atoms with van der Waals surface area (Å²) in [5.41, 5.74) is 0.886. The van der Waals surface area contributed by atoms with E-state index in [2.05, 4.69) is 19.2 Å². The number of amides is 2. The molecule has 2 amide bonds. The summed E-state index contributed by atoms with van der Waals surface area (Å²) in [6, 6.07) is 19.2. The first kappa shape index (κ1) is 24.5. The van der Waals surface area contributed by atoms with Crippen molar-refractivity contribution in [2.24, 2.45) is 17.8 Å². The van der Waals surface area contributed by atoms with Crippen molar-refractivity contribution in [3.8, 4) is 5.69 Å². The molecule has 1 N–H and O–H groups in total. The standard InChI is InChI=1S/C30H24Cl2N4O3/c1-15(2)13-21-24-25(28(39)35(27(24)38)23-12-11-16(31)14-19(23)32)30(34-21)18-8-4-6-10-22(18)36-26(37)17-7-3-5-9-20(17)33-29(30)36/h3-12,14-15,21,24-25,34H,13H2,1-2H3/t21-,24+,25-,30-/m1/s1. The minimum atomic E-state index is -1.18. The molecule has 3 aliphatic rings. The number of carbonyl (C=O) groups excluding carboxylic acids is 2. The van der Waals surface area contributed by atoms with Crippen LogP contribution >= 0.6 is 23.2 Å². The molecule has 1 aromatic heterocycles. The van der Waals surface area contributed by atoms with E-state index >= 15 is 0 Å². The largest absolute Gasteiger partial charge is 0.297 e. The Morgan fingerprint density at radius 3 is 2.46 bits per heavy atom. The van der Waals surface area contributed by atoms with E-state index in [1.807, 2.05) is 36.4 Å². The lowest BCUT2D eigenvalue weighted by Gasteiger charge is -2.32. The number of hydrogen-bond donors (Lipinski definition) is 1. The van der Waals surface area contributed by atoms with Gasteiger partial charge in [0.1, 0.15) is 11.4 Å². The molecule has 2 saturated heterocycles. The van der Waals surface area contributed by atoms with Crippen LogP contribution in [0.5, 0.6) is 0 Å². The van der Waals surface area contributed by atoms with Crippen molar-refractivity contribution in [3.05, 3.63) is 98.5 Å². The average molecular weight is 559 g/mol. The van der Waals surface area contributed by atoms with Gasteiger partial charge >= 0.3 is 0 Å². The minimum absolute atomic E-state index is 0.208. The van der Waals surface area contributed by atoms with E-state index in [0.29, 0.717) is 39.5 Å². The molecule has 0 saturated carbocycles. The monoisotopic (exact) mass is 558 g/mol. The number of halogens is 2. The zero-order chi connectivity index (χ0) is 27.2. The average Bonchev–Trinajstić information content (AvgIpc) is 3.47. The van der Waals surface area contributed by atoms with Crippen LogP contribution < -0.4 is 15.8 Å². The van der Waals surface area contributed by atoms with Crippen LogP contribution in [-0.4, -0.2) is 27.4 Å². The number of benzene rings is 3. The third-order valence-electron chi connectivity index (χ3n) is 8.24. The van der Waals surface area contributed by atoms with Gasteiger partial charge in [0.15, 0.2) is 0 Å². The Labute approximate surface area is 234 Å². The van der Waals surface area contributed by atoms with Gasteiger partial charge in [-0.15, -0.1) is 0 Å². The smallest absolute Gasteiger partial charge is 0.266 e. The van der Waals surface area contributed by atoms with E-state index in [9.17, 15) is 14.4 Å². The zero-order valence-electron chi connectivity index (χ0n) is 21.2. The molecule has 1 spiro atoms. The first-order chi connectivity index (χ1) is 18.7. The van der Waals surface area contributed by atoms with Gasteiger partial charge in [-0.05, 0) is 48.7 Å². The highest BCUT2D eigenvalue weighted by Gasteiger charge is 2.69. The molecule has 196 valence electrons. The maximum absolute atomic E-state index is 14.5. The molecule has 3 aliphatic heterocycles. The molecule has 9 heteroatoms. The molecule has 0 aliphatic carbocycles. The summed E-state index contributed by atoms with van der Waals surface area (Å²) in [7, 11) is 0. The Balaban J connectivity index is 1.52. The molecule has 3 aromatic carbocycles. The molecule has 0 unspecified atom stereocenters. The third-order valence-corrected chi connectivity index (χ3v) is 8.78. The van der Waals surface area contributed by atoms with Crippen molar-refractivity contribution in [2.45, 2.75) is 31.8 Å². The van der Waals surface area contributed by atoms with Crippen molar-refractivity contribution >= 4 is 51.6 Å². The third kappa shape index (κ3) is 3.21. The zero-order valence-corrected chi connectivity index (χ0v) is 22.7. The van der Waals surface area contributed by atoms with Crippen LogP contribution in [0.3, 0.4) is 0 Å². The fraction of sp³-hybridized carbons (Fsp3) is 0.267. The van der Waals surface area contributed by atoms with E-state index in [1.54, 1.807) is 28.8 Å². The number of hydrogen-bond acceptors (Lipinski definition) is 5. The van der Waals surface area contributed by atoms with Crippen molar-refractivity contribution in [1.29, 1.82) is 0 Å². The van der Waals surface area contributed by atoms with E-state index in [0.717, 1.165) is 5.56 Å². The second-order valence-corrected chi connectivity index (χ2v) is 11.8. The number of anilines is 1. The van der Waals surface area contributed by atoms with Gasteiger partial charge in [0.05, 0.1) is 39.1 Å². The first-order valence-electron chi connectivity index (χ1n) is 13.0. The molecular formula is C30H24Cl2N4O3. The summed E-state index contributed by atoms with van der Waals surface area (Å²) >= 11 is 12.6. The normalized spacial score (nSPS) is 25.2. The predicted octanol–water partition coefficient (Wildman–Crippen LogP) is 5.07. The molecule has 4 aromatic rings. The molecule has 0 radical (unpaired) electrons. The predicted molar refractivity (Wildman–Crippen MR) is 150 cm³/mol. The van der Waals surface area contributed by atoms with Crippen LogP contribution in [0.1, 0.15) is 31.7 Å². The molecule has 7 nitrogen and oxygen atoms in total. The van der Waals surface area contributed by atoms with Crippen LogP contribution in [0.4, 0.5) is 5.69 Å². The molecule has 4 heterocycles. The highest BCUT2D eigenvalue weighted by atomic mass is 35.5. The summed E-state index contributed by atoms with van der Waals surface area (Å²) < 4.78 is 1.61. The van der Waals surface area contributed by atoms with E-state index in [1.165, 1.54) is 11.0 Å². The first-order valence-corrected chi connectivity index (χ1v) is 13.7. The van der Waals surface area contributed by atoms with E-state index in [4.69, 9.17) is 28.2 Å². The van der Waals surface area contributed by atoms with Crippen molar-refractivity contribution in [3.63, 3.8) is 0 Å². The molecular weight excluding hydrogens is 535 g/mol. The van der Waals surface area contributed by atoms with Crippen LogP contribution in [0.2, 0.25) is 10.0 Å². The molecule has 0 bridgehead atoms. The van der Waals surface area contributed by atoms with Gasteiger partial charge in [0.2, 0.25) is 11.8 Å². The summed E-state index contributed by atoms with van der Waals surface area (Å²) in [5.74, 6) is -1.52. The number of fused-ring (bicyclic) bond motifs is 8. The number of aromatic nitrogens is 2. The quantitative estimate of drug-likeness (QED) is 0.355.